The van der Waals surface area contributed by atoms with Gasteiger partial charge in [0.1, 0.15) is 11.6 Å². The number of aryl methyl sites for hydroxylation is 2. The molecule has 0 N–H and O–H groups in total. The second kappa shape index (κ2) is 10.8. The second-order valence-corrected chi connectivity index (χ2v) is 9.78. The number of carbonyl (C=O) groups excluding carboxylic acids is 1. The van der Waals surface area contributed by atoms with Crippen molar-refractivity contribution >= 4 is 5.91 Å². The number of pyridine rings is 1. The number of imidazole rings is 1. The van der Waals surface area contributed by atoms with Gasteiger partial charge in [-0.05, 0) is 55.2 Å². The summed E-state index contributed by atoms with van der Waals surface area (Å²) in [6.45, 7) is 6.61. The number of carbonyl (C=O) groups is 1. The molecule has 210 valence electrons. The van der Waals surface area contributed by atoms with Crippen molar-refractivity contribution in [1.82, 2.24) is 29.2 Å². The van der Waals surface area contributed by atoms with Crippen LogP contribution in [0.15, 0.2) is 49.1 Å². The van der Waals surface area contributed by atoms with E-state index in [0.29, 0.717) is 59.6 Å². The fourth-order valence-electron chi connectivity index (χ4n) is 5.31. The third-order valence-corrected chi connectivity index (χ3v) is 7.40. The van der Waals surface area contributed by atoms with Crippen LogP contribution in [-0.2, 0) is 32.1 Å². The minimum absolute atomic E-state index is 0.0162. The van der Waals surface area contributed by atoms with E-state index in [1.165, 1.54) is 10.9 Å². The van der Waals surface area contributed by atoms with Gasteiger partial charge in [0.15, 0.2) is 5.69 Å². The van der Waals surface area contributed by atoms with Gasteiger partial charge in [0.25, 0.3) is 5.91 Å². The third-order valence-electron chi connectivity index (χ3n) is 7.40. The van der Waals surface area contributed by atoms with Gasteiger partial charge in [0.2, 0.25) is 0 Å². The molecule has 4 heterocycles. The van der Waals surface area contributed by atoms with Crippen molar-refractivity contribution < 1.29 is 22.7 Å². The molecular formula is C29H31F3N6O2. The van der Waals surface area contributed by atoms with Gasteiger partial charge in [-0.2, -0.15) is 18.3 Å². The normalized spacial score (nSPS) is 14.4. The number of ether oxygens (including phenoxy) is 1. The van der Waals surface area contributed by atoms with Crippen molar-refractivity contribution in [2.24, 2.45) is 0 Å². The summed E-state index contributed by atoms with van der Waals surface area (Å²) in [6.07, 6.45) is 3.03. The molecule has 5 rings (SSSR count). The number of benzene rings is 1. The first kappa shape index (κ1) is 27.4. The van der Waals surface area contributed by atoms with E-state index in [1.54, 1.807) is 55.6 Å². The van der Waals surface area contributed by atoms with Gasteiger partial charge in [-0.15, -0.1) is 0 Å². The maximum atomic E-state index is 14.1. The van der Waals surface area contributed by atoms with E-state index < -0.39 is 11.9 Å². The number of methoxy groups -OCH3 is 1. The number of amides is 1. The average Bonchev–Trinajstić information content (AvgIpc) is 3.60. The van der Waals surface area contributed by atoms with Crippen LogP contribution in [0.2, 0.25) is 0 Å². The van der Waals surface area contributed by atoms with Gasteiger partial charge in [0.05, 0.1) is 18.8 Å². The van der Waals surface area contributed by atoms with Crippen LogP contribution in [-0.4, -0.2) is 48.8 Å². The van der Waals surface area contributed by atoms with Crippen molar-refractivity contribution in [2.75, 3.05) is 13.7 Å². The lowest BCUT2D eigenvalue weighted by molar-refractivity contribution is -0.141. The van der Waals surface area contributed by atoms with Crippen LogP contribution < -0.4 is 4.74 Å². The largest absolute Gasteiger partial charge is 0.497 e. The number of hydrogen-bond donors (Lipinski definition) is 0. The highest BCUT2D eigenvalue weighted by Crippen LogP contribution is 2.41. The Kier molecular flexibility index (Phi) is 7.39. The van der Waals surface area contributed by atoms with Crippen LogP contribution in [0.5, 0.6) is 5.75 Å². The van der Waals surface area contributed by atoms with Crippen molar-refractivity contribution in [3.8, 4) is 16.9 Å². The number of halogens is 3. The predicted molar refractivity (Wildman–Crippen MR) is 143 cm³/mol. The van der Waals surface area contributed by atoms with E-state index in [4.69, 9.17) is 4.74 Å². The summed E-state index contributed by atoms with van der Waals surface area (Å²) in [5.74, 6) is 1.23. The highest BCUT2D eigenvalue weighted by atomic mass is 19.4. The molecule has 1 atom stereocenters. The first-order valence-corrected chi connectivity index (χ1v) is 13.3. The molecule has 1 aliphatic rings. The molecule has 0 saturated carbocycles. The standard InChI is InChI=1S/C29H31F3N6O2/c1-5-26-34-10-12-36(26)16-19-13-22(24-17-37(6-2)35-27(24)29(30,31)32)21-8-11-38(28(39)23(21)14-19)18(3)25-15-20(40-4)7-9-33-25/h7,9-10,12-15,17-18H,5-6,8,11,16H2,1-4H3/t18-/m0/s1. The molecule has 0 saturated heterocycles. The molecule has 40 heavy (non-hydrogen) atoms. The van der Waals surface area contributed by atoms with Crippen LogP contribution >= 0.6 is 0 Å². The fourth-order valence-corrected chi connectivity index (χ4v) is 5.31. The van der Waals surface area contributed by atoms with E-state index in [1.807, 2.05) is 24.6 Å². The molecule has 0 aliphatic carbocycles. The first-order chi connectivity index (χ1) is 19.1. The molecule has 0 spiro atoms. The third kappa shape index (κ3) is 5.07. The molecule has 0 unspecified atom stereocenters. The molecule has 1 aliphatic heterocycles. The Bertz CT molecular complexity index is 1540. The van der Waals surface area contributed by atoms with Crippen molar-refractivity contribution in [3.05, 3.63) is 83.0 Å². The molecule has 3 aromatic heterocycles. The van der Waals surface area contributed by atoms with Crippen LogP contribution in [0.1, 0.15) is 65.5 Å². The lowest BCUT2D eigenvalue weighted by Crippen LogP contribution is -2.40. The van der Waals surface area contributed by atoms with Crippen LogP contribution in [0.3, 0.4) is 0 Å². The van der Waals surface area contributed by atoms with Crippen molar-refractivity contribution in [1.29, 1.82) is 0 Å². The number of alkyl halides is 3. The van der Waals surface area contributed by atoms with E-state index in [9.17, 15) is 18.0 Å². The Morgan fingerprint density at radius 1 is 1.07 bits per heavy atom. The van der Waals surface area contributed by atoms with Gasteiger partial charge in [-0.1, -0.05) is 6.92 Å². The zero-order chi connectivity index (χ0) is 28.6. The van der Waals surface area contributed by atoms with E-state index >= 15 is 0 Å². The summed E-state index contributed by atoms with van der Waals surface area (Å²) in [7, 11) is 1.56. The zero-order valence-electron chi connectivity index (χ0n) is 22.9. The summed E-state index contributed by atoms with van der Waals surface area (Å²) in [5, 5.41) is 3.84. The molecule has 11 heteroatoms. The van der Waals surface area contributed by atoms with Gasteiger partial charge < -0.3 is 14.2 Å². The van der Waals surface area contributed by atoms with Gasteiger partial charge in [-0.25, -0.2) is 4.98 Å². The second-order valence-electron chi connectivity index (χ2n) is 9.78. The summed E-state index contributed by atoms with van der Waals surface area (Å²) in [5.41, 5.74) is 1.79. The van der Waals surface area contributed by atoms with Crippen molar-refractivity contribution in [3.63, 3.8) is 0 Å². The minimum Gasteiger partial charge on any atom is -0.497 e. The molecule has 0 bridgehead atoms. The summed E-state index contributed by atoms with van der Waals surface area (Å²) in [6, 6.07) is 6.72. The molecule has 4 aromatic rings. The number of fused-ring (bicyclic) bond motifs is 1. The Balaban J connectivity index is 1.64. The first-order valence-electron chi connectivity index (χ1n) is 13.3. The summed E-state index contributed by atoms with van der Waals surface area (Å²) < 4.78 is 51.0. The maximum Gasteiger partial charge on any atom is 0.435 e. The Morgan fingerprint density at radius 3 is 2.55 bits per heavy atom. The predicted octanol–water partition coefficient (Wildman–Crippen LogP) is 5.56. The number of aromatic nitrogens is 5. The van der Waals surface area contributed by atoms with Crippen molar-refractivity contribution in [2.45, 2.75) is 58.9 Å². The maximum absolute atomic E-state index is 14.1. The Labute approximate surface area is 230 Å². The monoisotopic (exact) mass is 552 g/mol. The zero-order valence-corrected chi connectivity index (χ0v) is 22.9. The van der Waals surface area contributed by atoms with E-state index in [-0.39, 0.29) is 24.1 Å². The molecule has 0 fully saturated rings. The molecule has 1 aromatic carbocycles. The van der Waals surface area contributed by atoms with Gasteiger partial charge >= 0.3 is 6.18 Å². The highest BCUT2D eigenvalue weighted by Gasteiger charge is 2.39. The van der Waals surface area contributed by atoms with E-state index in [0.717, 1.165) is 5.82 Å². The Morgan fingerprint density at radius 2 is 1.85 bits per heavy atom. The average molecular weight is 553 g/mol. The summed E-state index contributed by atoms with van der Waals surface area (Å²) in [4.78, 5) is 24.5. The van der Waals surface area contributed by atoms with Crippen LogP contribution in [0.4, 0.5) is 13.2 Å². The number of rotatable bonds is 8. The lowest BCUT2D eigenvalue weighted by Gasteiger charge is -2.34. The van der Waals surface area contributed by atoms with Gasteiger partial charge in [-0.3, -0.25) is 14.5 Å². The molecule has 8 nitrogen and oxygen atoms in total. The topological polar surface area (TPSA) is 78.1 Å². The SMILES string of the molecule is CCc1nccn1Cc1cc2c(c(-c3cn(CC)nc3C(F)(F)F)c1)CCN([C@@H](C)c1cc(OC)ccn1)C2=O. The number of hydrogen-bond acceptors (Lipinski definition) is 5. The summed E-state index contributed by atoms with van der Waals surface area (Å²) >= 11 is 0. The van der Waals surface area contributed by atoms with Gasteiger partial charge in [0, 0.05) is 68.0 Å². The molecular weight excluding hydrogens is 521 g/mol. The highest BCUT2D eigenvalue weighted by molar-refractivity contribution is 5.99. The Hall–Kier alpha value is -4.15. The fraction of sp³-hybridized carbons (Fsp3) is 0.379. The minimum atomic E-state index is -4.64. The lowest BCUT2D eigenvalue weighted by atomic mass is 9.87. The van der Waals surface area contributed by atoms with Crippen LogP contribution in [0.25, 0.3) is 11.1 Å². The molecule has 1 amide bonds. The number of nitrogens with zero attached hydrogens (tertiary/aromatic N) is 6. The van der Waals surface area contributed by atoms with E-state index in [2.05, 4.69) is 15.1 Å². The quantitative estimate of drug-likeness (QED) is 0.286. The molecule has 0 radical (unpaired) electrons. The van der Waals surface area contributed by atoms with Crippen LogP contribution in [0, 0.1) is 0 Å². The smallest absolute Gasteiger partial charge is 0.435 e.